The van der Waals surface area contributed by atoms with Crippen molar-refractivity contribution in [2.75, 3.05) is 7.05 Å². The number of thiophene rings is 2. The Hall–Kier alpha value is -1.23. The van der Waals surface area contributed by atoms with E-state index in [2.05, 4.69) is 46.9 Å². The van der Waals surface area contributed by atoms with Crippen molar-refractivity contribution in [2.45, 2.75) is 19.4 Å². The summed E-state index contributed by atoms with van der Waals surface area (Å²) in [4.78, 5) is 5.90. The summed E-state index contributed by atoms with van der Waals surface area (Å²) in [6.07, 6.45) is 2.87. The summed E-state index contributed by atoms with van der Waals surface area (Å²) in [5.74, 6) is 0. The van der Waals surface area contributed by atoms with Crippen LogP contribution in [-0.4, -0.2) is 12.0 Å². The molecule has 4 heteroatoms. The highest BCUT2D eigenvalue weighted by Crippen LogP contribution is 2.34. The Morgan fingerprint density at radius 3 is 2.84 bits per heavy atom. The van der Waals surface area contributed by atoms with Crippen molar-refractivity contribution in [3.8, 4) is 0 Å². The Labute approximate surface area is 121 Å². The highest BCUT2D eigenvalue weighted by atomic mass is 32.1. The van der Waals surface area contributed by atoms with Gasteiger partial charge in [0, 0.05) is 38.6 Å². The van der Waals surface area contributed by atoms with Gasteiger partial charge in [0.2, 0.25) is 0 Å². The van der Waals surface area contributed by atoms with E-state index in [0.717, 1.165) is 12.1 Å². The number of aryl methyl sites for hydroxylation is 1. The predicted octanol–water partition coefficient (Wildman–Crippen LogP) is 4.17. The molecule has 0 saturated carbocycles. The van der Waals surface area contributed by atoms with E-state index < -0.39 is 0 Å². The molecular weight excluding hydrogens is 272 g/mol. The summed E-state index contributed by atoms with van der Waals surface area (Å²) >= 11 is 3.69. The molecule has 19 heavy (non-hydrogen) atoms. The molecule has 1 N–H and O–H groups in total. The largest absolute Gasteiger partial charge is 0.312 e. The fourth-order valence-electron chi connectivity index (χ4n) is 2.13. The Kier molecular flexibility index (Phi) is 3.64. The number of rotatable bonds is 4. The number of aromatic nitrogens is 1. The maximum absolute atomic E-state index is 4.50. The summed E-state index contributed by atoms with van der Waals surface area (Å²) in [5.41, 5.74) is 2.35. The second-order valence-corrected chi connectivity index (χ2v) is 6.73. The van der Waals surface area contributed by atoms with Crippen LogP contribution < -0.4 is 5.32 Å². The van der Waals surface area contributed by atoms with E-state index in [-0.39, 0.29) is 0 Å². The normalized spacial score (nSPS) is 12.9. The van der Waals surface area contributed by atoms with Crippen molar-refractivity contribution >= 4 is 32.1 Å². The number of hydrogen-bond acceptors (Lipinski definition) is 4. The van der Waals surface area contributed by atoms with Gasteiger partial charge < -0.3 is 5.32 Å². The first-order chi connectivity index (χ1) is 9.26. The van der Waals surface area contributed by atoms with Crippen LogP contribution in [0.5, 0.6) is 0 Å². The molecule has 0 aliphatic heterocycles. The summed E-state index contributed by atoms with van der Waals surface area (Å²) in [5, 5.41) is 5.56. The van der Waals surface area contributed by atoms with Crippen molar-refractivity contribution < 1.29 is 0 Å². The molecule has 0 saturated heterocycles. The van der Waals surface area contributed by atoms with Gasteiger partial charge in [0.25, 0.3) is 0 Å². The van der Waals surface area contributed by atoms with Crippen LogP contribution in [0.15, 0.2) is 35.8 Å². The molecule has 98 valence electrons. The Balaban J connectivity index is 1.84. The van der Waals surface area contributed by atoms with Gasteiger partial charge in [-0.3, -0.25) is 4.98 Å². The SMILES string of the molecule is CNC(Cc1ccc(C)cn1)c1cc2sccc2s1. The molecule has 3 aromatic rings. The Morgan fingerprint density at radius 1 is 1.26 bits per heavy atom. The van der Waals surface area contributed by atoms with E-state index in [0.29, 0.717) is 6.04 Å². The molecule has 0 radical (unpaired) electrons. The van der Waals surface area contributed by atoms with Crippen molar-refractivity contribution in [1.82, 2.24) is 10.3 Å². The molecule has 0 fully saturated rings. The summed E-state index contributed by atoms with van der Waals surface area (Å²) in [6, 6.07) is 9.10. The molecule has 0 aromatic carbocycles. The van der Waals surface area contributed by atoms with Crippen LogP contribution >= 0.6 is 22.7 Å². The molecule has 0 aliphatic rings. The second kappa shape index (κ2) is 5.41. The van der Waals surface area contributed by atoms with Crippen LogP contribution in [0.1, 0.15) is 22.2 Å². The topological polar surface area (TPSA) is 24.9 Å². The van der Waals surface area contributed by atoms with Crippen molar-refractivity contribution in [1.29, 1.82) is 0 Å². The zero-order chi connectivity index (χ0) is 13.2. The van der Waals surface area contributed by atoms with Gasteiger partial charge in [0.15, 0.2) is 0 Å². The molecule has 1 atom stereocenters. The summed E-state index contributed by atoms with van der Waals surface area (Å²) in [7, 11) is 2.02. The number of fused-ring (bicyclic) bond motifs is 1. The zero-order valence-corrected chi connectivity index (χ0v) is 12.6. The van der Waals surface area contributed by atoms with Crippen LogP contribution in [0, 0.1) is 6.92 Å². The highest BCUT2D eigenvalue weighted by Gasteiger charge is 2.14. The monoisotopic (exact) mass is 288 g/mol. The van der Waals surface area contributed by atoms with Gasteiger partial charge in [-0.1, -0.05) is 6.07 Å². The number of hydrogen-bond donors (Lipinski definition) is 1. The van der Waals surface area contributed by atoms with Gasteiger partial charge >= 0.3 is 0 Å². The first-order valence-electron chi connectivity index (χ1n) is 6.32. The smallest absolute Gasteiger partial charge is 0.0469 e. The lowest BCUT2D eigenvalue weighted by atomic mass is 10.1. The summed E-state index contributed by atoms with van der Waals surface area (Å²) in [6.45, 7) is 2.07. The van der Waals surface area contributed by atoms with E-state index >= 15 is 0 Å². The predicted molar refractivity (Wildman–Crippen MR) is 84.2 cm³/mol. The third-order valence-electron chi connectivity index (χ3n) is 3.24. The molecule has 0 amide bonds. The van der Waals surface area contributed by atoms with Gasteiger partial charge in [-0.2, -0.15) is 0 Å². The quantitative estimate of drug-likeness (QED) is 0.779. The van der Waals surface area contributed by atoms with Crippen LogP contribution in [0.4, 0.5) is 0 Å². The van der Waals surface area contributed by atoms with Gasteiger partial charge in [0.05, 0.1) is 0 Å². The first-order valence-corrected chi connectivity index (χ1v) is 8.01. The standard InChI is InChI=1S/C15H16N2S2/c1-10-3-4-11(17-9-10)7-12(16-2)14-8-15-13(19-14)5-6-18-15/h3-6,8-9,12,16H,7H2,1-2H3. The van der Waals surface area contributed by atoms with Crippen LogP contribution in [0.2, 0.25) is 0 Å². The van der Waals surface area contributed by atoms with E-state index in [1.165, 1.54) is 19.8 Å². The zero-order valence-electron chi connectivity index (χ0n) is 11.0. The lowest BCUT2D eigenvalue weighted by Gasteiger charge is -2.13. The lowest BCUT2D eigenvalue weighted by Crippen LogP contribution is -2.18. The third-order valence-corrected chi connectivity index (χ3v) is 5.44. The third kappa shape index (κ3) is 2.71. The second-order valence-electron chi connectivity index (χ2n) is 4.67. The summed E-state index contributed by atoms with van der Waals surface area (Å²) < 4.78 is 2.77. The number of pyridine rings is 1. The van der Waals surface area contributed by atoms with E-state index in [4.69, 9.17) is 0 Å². The molecule has 3 heterocycles. The van der Waals surface area contributed by atoms with Crippen LogP contribution in [0.3, 0.4) is 0 Å². The molecule has 3 rings (SSSR count). The minimum absolute atomic E-state index is 0.347. The van der Waals surface area contributed by atoms with E-state index in [1.54, 1.807) is 0 Å². The molecule has 1 unspecified atom stereocenters. The fraction of sp³-hybridized carbons (Fsp3) is 0.267. The maximum atomic E-state index is 4.50. The minimum Gasteiger partial charge on any atom is -0.312 e. The van der Waals surface area contributed by atoms with Crippen molar-refractivity contribution in [2.24, 2.45) is 0 Å². The highest BCUT2D eigenvalue weighted by molar-refractivity contribution is 7.26. The van der Waals surface area contributed by atoms with Crippen molar-refractivity contribution in [3.63, 3.8) is 0 Å². The Morgan fingerprint density at radius 2 is 2.16 bits per heavy atom. The molecule has 3 aromatic heterocycles. The van der Waals surface area contributed by atoms with Crippen LogP contribution in [-0.2, 0) is 6.42 Å². The van der Waals surface area contributed by atoms with E-state index in [1.807, 2.05) is 35.9 Å². The first kappa shape index (κ1) is 12.8. The van der Waals surface area contributed by atoms with Gasteiger partial charge in [0.1, 0.15) is 0 Å². The maximum Gasteiger partial charge on any atom is 0.0469 e. The molecule has 2 nitrogen and oxygen atoms in total. The van der Waals surface area contributed by atoms with Gasteiger partial charge in [-0.15, -0.1) is 22.7 Å². The minimum atomic E-state index is 0.347. The average molecular weight is 288 g/mol. The number of likely N-dealkylation sites (N-methyl/N-ethyl adjacent to an activating group) is 1. The van der Waals surface area contributed by atoms with E-state index in [9.17, 15) is 0 Å². The van der Waals surface area contributed by atoms with Gasteiger partial charge in [-0.05, 0) is 43.1 Å². The average Bonchev–Trinajstić information content (AvgIpc) is 2.99. The van der Waals surface area contributed by atoms with Gasteiger partial charge in [-0.25, -0.2) is 0 Å². The lowest BCUT2D eigenvalue weighted by molar-refractivity contribution is 0.594. The number of nitrogens with zero attached hydrogens (tertiary/aromatic N) is 1. The molecule has 0 bridgehead atoms. The molecule has 0 aliphatic carbocycles. The fourth-order valence-corrected chi connectivity index (χ4v) is 4.36. The van der Waals surface area contributed by atoms with Crippen LogP contribution in [0.25, 0.3) is 9.40 Å². The Bertz CT molecular complexity index is 638. The number of nitrogens with one attached hydrogen (secondary N) is 1. The molecular formula is C15H16N2S2. The van der Waals surface area contributed by atoms with Crippen molar-refractivity contribution in [3.05, 3.63) is 52.0 Å². The molecule has 0 spiro atoms.